The number of nitrogens with two attached hydrogens (primary N) is 1. The van der Waals surface area contributed by atoms with Crippen molar-refractivity contribution in [3.8, 4) is 5.75 Å². The van der Waals surface area contributed by atoms with Gasteiger partial charge in [-0.1, -0.05) is 24.9 Å². The van der Waals surface area contributed by atoms with E-state index in [9.17, 15) is 0 Å². The minimum atomic E-state index is 0.0881. The predicted molar refractivity (Wildman–Crippen MR) is 81.7 cm³/mol. The van der Waals surface area contributed by atoms with Crippen molar-refractivity contribution in [2.45, 2.75) is 45.3 Å². The smallest absolute Gasteiger partial charge is 0.170 e. The molecule has 1 fully saturated rings. The fraction of sp³-hybridized carbons (Fsp3) is 0.562. The molecule has 1 aliphatic carbocycles. The molecule has 0 spiro atoms. The van der Waals surface area contributed by atoms with Gasteiger partial charge in [0, 0.05) is 11.1 Å². The number of ether oxygens (including phenoxy) is 2. The molecular weight excluding hydrogens is 268 g/mol. The van der Waals surface area contributed by atoms with Gasteiger partial charge in [0.05, 0.1) is 19.8 Å². The van der Waals surface area contributed by atoms with Crippen LogP contribution in [0.4, 0.5) is 0 Å². The van der Waals surface area contributed by atoms with E-state index in [1.807, 2.05) is 12.1 Å². The summed E-state index contributed by atoms with van der Waals surface area (Å²) in [5.41, 5.74) is 7.21. The summed E-state index contributed by atoms with van der Waals surface area (Å²) < 4.78 is 11.4. The number of rotatable bonds is 5. The van der Waals surface area contributed by atoms with Crippen molar-refractivity contribution in [2.75, 3.05) is 7.11 Å². The summed E-state index contributed by atoms with van der Waals surface area (Å²) in [7, 11) is 1.63. The molecule has 5 heteroatoms. The Morgan fingerprint density at radius 2 is 2.24 bits per heavy atom. The van der Waals surface area contributed by atoms with Gasteiger partial charge in [-0.15, -0.1) is 0 Å². The van der Waals surface area contributed by atoms with Crippen molar-refractivity contribution < 1.29 is 14.7 Å². The summed E-state index contributed by atoms with van der Waals surface area (Å²) in [6.45, 7) is 2.75. The molecule has 0 heterocycles. The van der Waals surface area contributed by atoms with E-state index in [1.54, 1.807) is 13.2 Å². The number of hydrogen-bond donors (Lipinski definition) is 2. The van der Waals surface area contributed by atoms with Gasteiger partial charge in [0.15, 0.2) is 5.84 Å². The second-order valence-electron chi connectivity index (χ2n) is 5.72. The van der Waals surface area contributed by atoms with E-state index in [0.29, 0.717) is 18.3 Å². The van der Waals surface area contributed by atoms with E-state index in [-0.39, 0.29) is 5.84 Å². The molecule has 2 atom stereocenters. The molecule has 0 aliphatic heterocycles. The Balaban J connectivity index is 2.06. The zero-order chi connectivity index (χ0) is 15.2. The van der Waals surface area contributed by atoms with Crippen LogP contribution in [0.2, 0.25) is 0 Å². The quantitative estimate of drug-likeness (QED) is 0.378. The Morgan fingerprint density at radius 1 is 1.43 bits per heavy atom. The number of nitrogens with zero attached hydrogens (tertiary/aromatic N) is 1. The van der Waals surface area contributed by atoms with E-state index in [2.05, 4.69) is 12.1 Å². The van der Waals surface area contributed by atoms with Crippen LogP contribution in [-0.4, -0.2) is 24.3 Å². The van der Waals surface area contributed by atoms with Crippen molar-refractivity contribution >= 4 is 5.84 Å². The van der Waals surface area contributed by atoms with Crippen LogP contribution in [0.5, 0.6) is 5.75 Å². The monoisotopic (exact) mass is 292 g/mol. The SMILES string of the molecule is COc1ccc(/C(N)=N/O)cc1COC1CCCC(C)C1. The van der Waals surface area contributed by atoms with Gasteiger partial charge in [-0.25, -0.2) is 0 Å². The van der Waals surface area contributed by atoms with Crippen molar-refractivity contribution in [3.05, 3.63) is 29.3 Å². The maximum atomic E-state index is 8.77. The van der Waals surface area contributed by atoms with Gasteiger partial charge in [0.25, 0.3) is 0 Å². The van der Waals surface area contributed by atoms with Crippen LogP contribution in [0.1, 0.15) is 43.7 Å². The Hall–Kier alpha value is -1.75. The number of hydrogen-bond acceptors (Lipinski definition) is 4. The van der Waals surface area contributed by atoms with E-state index < -0.39 is 0 Å². The molecule has 21 heavy (non-hydrogen) atoms. The molecule has 2 unspecified atom stereocenters. The summed E-state index contributed by atoms with van der Waals surface area (Å²) in [6.07, 6.45) is 5.07. The molecule has 1 aromatic carbocycles. The molecule has 2 rings (SSSR count). The third kappa shape index (κ3) is 4.11. The number of oxime groups is 1. The molecule has 0 aromatic heterocycles. The summed E-state index contributed by atoms with van der Waals surface area (Å²) in [5, 5.41) is 11.8. The van der Waals surface area contributed by atoms with Crippen molar-refractivity contribution in [2.24, 2.45) is 16.8 Å². The minimum Gasteiger partial charge on any atom is -0.496 e. The van der Waals surface area contributed by atoms with Crippen LogP contribution in [0.25, 0.3) is 0 Å². The van der Waals surface area contributed by atoms with Crippen LogP contribution in [0, 0.1) is 5.92 Å². The summed E-state index contributed by atoms with van der Waals surface area (Å²) in [6, 6.07) is 5.43. The summed E-state index contributed by atoms with van der Waals surface area (Å²) in [4.78, 5) is 0. The van der Waals surface area contributed by atoms with E-state index in [4.69, 9.17) is 20.4 Å². The molecular formula is C16H24N2O3. The highest BCUT2D eigenvalue weighted by Crippen LogP contribution is 2.28. The average Bonchev–Trinajstić information content (AvgIpc) is 2.52. The van der Waals surface area contributed by atoms with Crippen LogP contribution >= 0.6 is 0 Å². The maximum absolute atomic E-state index is 8.77. The Labute approximate surface area is 125 Å². The van der Waals surface area contributed by atoms with Crippen molar-refractivity contribution in [1.29, 1.82) is 0 Å². The molecule has 0 bridgehead atoms. The lowest BCUT2D eigenvalue weighted by Crippen LogP contribution is -2.21. The Morgan fingerprint density at radius 3 is 2.90 bits per heavy atom. The molecule has 1 saturated carbocycles. The second-order valence-corrected chi connectivity index (χ2v) is 5.72. The Bertz CT molecular complexity index is 502. The Kier molecular flexibility index (Phi) is 5.44. The molecule has 5 nitrogen and oxygen atoms in total. The first kappa shape index (κ1) is 15.6. The van der Waals surface area contributed by atoms with Gasteiger partial charge >= 0.3 is 0 Å². The lowest BCUT2D eigenvalue weighted by molar-refractivity contribution is 0.00394. The van der Waals surface area contributed by atoms with Crippen molar-refractivity contribution in [3.63, 3.8) is 0 Å². The lowest BCUT2D eigenvalue weighted by Gasteiger charge is -2.27. The highest BCUT2D eigenvalue weighted by molar-refractivity contribution is 5.97. The van der Waals surface area contributed by atoms with Gasteiger partial charge in [-0.05, 0) is 37.0 Å². The zero-order valence-electron chi connectivity index (χ0n) is 12.7. The molecule has 0 amide bonds. The topological polar surface area (TPSA) is 77.1 Å². The summed E-state index contributed by atoms with van der Waals surface area (Å²) in [5.74, 6) is 1.58. The van der Waals surface area contributed by atoms with Gasteiger partial charge in [0.1, 0.15) is 5.75 Å². The number of amidine groups is 1. The molecule has 1 aromatic rings. The van der Waals surface area contributed by atoms with Crippen LogP contribution in [0.15, 0.2) is 23.4 Å². The zero-order valence-corrected chi connectivity index (χ0v) is 12.7. The highest BCUT2D eigenvalue weighted by Gasteiger charge is 2.20. The molecule has 1 aliphatic rings. The van der Waals surface area contributed by atoms with Crippen LogP contribution < -0.4 is 10.5 Å². The standard InChI is InChI=1S/C16H24N2O3/c1-11-4-3-5-14(8-11)21-10-13-9-12(16(17)18-19)6-7-15(13)20-2/h6-7,9,11,14,19H,3-5,8,10H2,1-2H3,(H2,17,18). The number of benzene rings is 1. The predicted octanol–water partition coefficient (Wildman–Crippen LogP) is 2.89. The number of methoxy groups -OCH3 is 1. The minimum absolute atomic E-state index is 0.0881. The van der Waals surface area contributed by atoms with E-state index in [0.717, 1.165) is 30.1 Å². The third-order valence-electron chi connectivity index (χ3n) is 4.05. The van der Waals surface area contributed by atoms with Gasteiger partial charge in [0.2, 0.25) is 0 Å². The van der Waals surface area contributed by atoms with Crippen LogP contribution in [-0.2, 0) is 11.3 Å². The molecule has 0 saturated heterocycles. The first-order valence-electron chi connectivity index (χ1n) is 7.40. The maximum Gasteiger partial charge on any atom is 0.170 e. The molecule has 116 valence electrons. The van der Waals surface area contributed by atoms with Gasteiger partial charge in [-0.2, -0.15) is 0 Å². The largest absolute Gasteiger partial charge is 0.496 e. The van der Waals surface area contributed by atoms with E-state index in [1.165, 1.54) is 12.8 Å². The van der Waals surface area contributed by atoms with Crippen LogP contribution in [0.3, 0.4) is 0 Å². The van der Waals surface area contributed by atoms with Crippen molar-refractivity contribution in [1.82, 2.24) is 0 Å². The first-order valence-corrected chi connectivity index (χ1v) is 7.40. The molecule has 0 radical (unpaired) electrons. The molecule has 3 N–H and O–H groups in total. The first-order chi connectivity index (χ1) is 10.1. The normalized spacial score (nSPS) is 23.0. The van der Waals surface area contributed by atoms with E-state index >= 15 is 0 Å². The lowest BCUT2D eigenvalue weighted by atomic mass is 9.89. The second kappa shape index (κ2) is 7.31. The third-order valence-corrected chi connectivity index (χ3v) is 4.05. The van der Waals surface area contributed by atoms with Gasteiger partial charge in [-0.3, -0.25) is 0 Å². The fourth-order valence-corrected chi connectivity index (χ4v) is 2.85. The average molecular weight is 292 g/mol. The highest BCUT2D eigenvalue weighted by atomic mass is 16.5. The summed E-state index contributed by atoms with van der Waals surface area (Å²) >= 11 is 0. The fourth-order valence-electron chi connectivity index (χ4n) is 2.85. The van der Waals surface area contributed by atoms with Gasteiger partial charge < -0.3 is 20.4 Å².